The third kappa shape index (κ3) is 1.57. The van der Waals surface area contributed by atoms with Crippen molar-refractivity contribution < 1.29 is 13.0 Å². The molecule has 0 aromatic carbocycles. The number of hydrogen-bond donors (Lipinski definition) is 3. The standard InChI is InChI=1S/C2H6N4O3S2/c1-5-2(10)3-4-6(5)11(7,8)9/h4H,1H3,(H,3,10)(H,7,8,9). The number of nitrogens with zero attached hydrogens (tertiary/aromatic N) is 2. The van der Waals surface area contributed by atoms with Crippen molar-refractivity contribution in [2.24, 2.45) is 0 Å². The zero-order valence-corrected chi connectivity index (χ0v) is 7.11. The Hall–Kier alpha value is -0.480. The minimum absolute atomic E-state index is 0.155. The van der Waals surface area contributed by atoms with E-state index in [0.717, 1.165) is 5.01 Å². The van der Waals surface area contributed by atoms with E-state index in [1.54, 1.807) is 0 Å². The number of nitrogens with one attached hydrogen (secondary N) is 2. The van der Waals surface area contributed by atoms with Crippen LogP contribution in [0.5, 0.6) is 0 Å². The summed E-state index contributed by atoms with van der Waals surface area (Å²) in [4.78, 5) is 0. The molecule has 0 amide bonds. The molecule has 0 radical (unpaired) electrons. The Labute approximate surface area is 68.8 Å². The molecule has 0 aromatic rings. The average molecular weight is 198 g/mol. The molecule has 1 heterocycles. The highest BCUT2D eigenvalue weighted by Gasteiger charge is 2.31. The molecular formula is C2H6N4O3S2. The molecule has 1 fully saturated rings. The zero-order valence-electron chi connectivity index (χ0n) is 5.47. The average Bonchev–Trinajstić information content (AvgIpc) is 2.11. The Bertz CT molecular complexity index is 273. The molecular weight excluding hydrogens is 192 g/mol. The first-order chi connectivity index (χ1) is 4.93. The van der Waals surface area contributed by atoms with Crippen molar-refractivity contribution in [1.82, 2.24) is 20.5 Å². The molecule has 11 heavy (non-hydrogen) atoms. The van der Waals surface area contributed by atoms with Crippen molar-refractivity contribution in [3.05, 3.63) is 0 Å². The molecule has 0 aromatic heterocycles. The maximum Gasteiger partial charge on any atom is 0.368 e. The topological polar surface area (TPSA) is 84.9 Å². The molecule has 3 N–H and O–H groups in total. The predicted octanol–water partition coefficient (Wildman–Crippen LogP) is -1.75. The molecule has 64 valence electrons. The van der Waals surface area contributed by atoms with Crippen LogP contribution in [-0.4, -0.2) is 34.7 Å². The van der Waals surface area contributed by atoms with Crippen LogP contribution in [0.25, 0.3) is 0 Å². The van der Waals surface area contributed by atoms with Gasteiger partial charge in [-0.3, -0.25) is 15.0 Å². The van der Waals surface area contributed by atoms with E-state index >= 15 is 0 Å². The van der Waals surface area contributed by atoms with E-state index in [-0.39, 0.29) is 5.11 Å². The molecule has 0 bridgehead atoms. The molecule has 7 nitrogen and oxygen atoms in total. The predicted molar refractivity (Wildman–Crippen MR) is 40.0 cm³/mol. The lowest BCUT2D eigenvalue weighted by Crippen LogP contribution is -2.45. The molecule has 0 aliphatic carbocycles. The molecule has 0 spiro atoms. The van der Waals surface area contributed by atoms with Gasteiger partial charge in [-0.25, -0.2) is 0 Å². The molecule has 1 rings (SSSR count). The van der Waals surface area contributed by atoms with Gasteiger partial charge in [-0.15, -0.1) is 5.53 Å². The van der Waals surface area contributed by atoms with Gasteiger partial charge in [-0.2, -0.15) is 8.42 Å². The third-order valence-corrected chi connectivity index (χ3v) is 2.18. The molecule has 1 saturated heterocycles. The van der Waals surface area contributed by atoms with E-state index in [1.165, 1.54) is 7.05 Å². The number of hydrazine groups is 3. The minimum Gasteiger partial charge on any atom is -0.281 e. The fourth-order valence-corrected chi connectivity index (χ4v) is 1.28. The Morgan fingerprint density at radius 3 is 2.36 bits per heavy atom. The maximum absolute atomic E-state index is 10.5. The highest BCUT2D eigenvalue weighted by atomic mass is 32.2. The summed E-state index contributed by atoms with van der Waals surface area (Å²) in [6, 6.07) is 0. The van der Waals surface area contributed by atoms with Crippen molar-refractivity contribution in [3.8, 4) is 0 Å². The fourth-order valence-electron chi connectivity index (χ4n) is 0.546. The second-order valence-corrected chi connectivity index (χ2v) is 3.41. The second-order valence-electron chi connectivity index (χ2n) is 1.79. The van der Waals surface area contributed by atoms with E-state index in [9.17, 15) is 8.42 Å². The van der Waals surface area contributed by atoms with Crippen LogP contribution in [0.2, 0.25) is 0 Å². The maximum atomic E-state index is 10.5. The van der Waals surface area contributed by atoms with Gasteiger partial charge < -0.3 is 0 Å². The Kier molecular flexibility index (Phi) is 1.98. The van der Waals surface area contributed by atoms with Gasteiger partial charge in [0.1, 0.15) is 0 Å². The first-order valence-electron chi connectivity index (χ1n) is 2.50. The van der Waals surface area contributed by atoms with E-state index < -0.39 is 10.3 Å². The lowest BCUT2D eigenvalue weighted by atomic mass is 11.0. The van der Waals surface area contributed by atoms with E-state index in [4.69, 9.17) is 4.55 Å². The SMILES string of the molecule is CN1C(=S)NNN1S(=O)(=O)O. The van der Waals surface area contributed by atoms with Gasteiger partial charge in [0.15, 0.2) is 0 Å². The first kappa shape index (κ1) is 8.62. The highest BCUT2D eigenvalue weighted by Crippen LogP contribution is 2.01. The zero-order chi connectivity index (χ0) is 8.65. The molecule has 1 aliphatic heterocycles. The van der Waals surface area contributed by atoms with Gasteiger partial charge in [0, 0.05) is 11.6 Å². The molecule has 9 heteroatoms. The van der Waals surface area contributed by atoms with Gasteiger partial charge >= 0.3 is 10.3 Å². The number of rotatable bonds is 1. The summed E-state index contributed by atoms with van der Waals surface area (Å²) in [6.07, 6.45) is 0. The fraction of sp³-hybridized carbons (Fsp3) is 0.500. The monoisotopic (exact) mass is 198 g/mol. The van der Waals surface area contributed by atoms with Gasteiger partial charge in [0.05, 0.1) is 0 Å². The summed E-state index contributed by atoms with van der Waals surface area (Å²) in [6.45, 7) is 0. The summed E-state index contributed by atoms with van der Waals surface area (Å²) in [7, 11) is -2.91. The van der Waals surface area contributed by atoms with Crippen molar-refractivity contribution in [3.63, 3.8) is 0 Å². The molecule has 1 aliphatic rings. The highest BCUT2D eigenvalue weighted by molar-refractivity contribution is 7.83. The first-order valence-corrected chi connectivity index (χ1v) is 4.30. The molecule has 0 unspecified atom stereocenters. The summed E-state index contributed by atoms with van der Waals surface area (Å²) in [5.74, 6) is 0. The van der Waals surface area contributed by atoms with Crippen LogP contribution in [0.3, 0.4) is 0 Å². The van der Waals surface area contributed by atoms with Crippen LogP contribution in [-0.2, 0) is 10.3 Å². The quantitative estimate of drug-likeness (QED) is 0.340. The largest absolute Gasteiger partial charge is 0.368 e. The van der Waals surface area contributed by atoms with Crippen LogP contribution < -0.4 is 11.0 Å². The summed E-state index contributed by atoms with van der Waals surface area (Å²) >= 11 is 4.62. The molecule has 0 atom stereocenters. The number of thiocarbonyl (C=S) groups is 1. The van der Waals surface area contributed by atoms with Crippen molar-refractivity contribution >= 4 is 27.6 Å². The molecule has 0 saturated carbocycles. The summed E-state index contributed by atoms with van der Waals surface area (Å²) in [5, 5.41) is 1.19. The summed E-state index contributed by atoms with van der Waals surface area (Å²) in [5.41, 5.74) is 4.45. The Balaban J connectivity index is 2.87. The van der Waals surface area contributed by atoms with Gasteiger partial charge in [0.25, 0.3) is 0 Å². The van der Waals surface area contributed by atoms with Gasteiger partial charge in [0.2, 0.25) is 5.11 Å². The third-order valence-electron chi connectivity index (χ3n) is 1.04. The van der Waals surface area contributed by atoms with Crippen molar-refractivity contribution in [2.45, 2.75) is 0 Å². The van der Waals surface area contributed by atoms with Gasteiger partial charge in [-0.1, -0.05) is 0 Å². The lowest BCUT2D eigenvalue weighted by molar-refractivity contribution is 0.139. The van der Waals surface area contributed by atoms with E-state index in [1.807, 2.05) is 0 Å². The second kappa shape index (κ2) is 2.53. The van der Waals surface area contributed by atoms with E-state index in [2.05, 4.69) is 23.2 Å². The lowest BCUT2D eigenvalue weighted by Gasteiger charge is -2.17. The van der Waals surface area contributed by atoms with E-state index in [0.29, 0.717) is 4.52 Å². The van der Waals surface area contributed by atoms with Crippen LogP contribution in [0.4, 0.5) is 0 Å². The van der Waals surface area contributed by atoms with Gasteiger partial charge in [-0.05, 0) is 12.2 Å². The Morgan fingerprint density at radius 2 is 2.18 bits per heavy atom. The normalized spacial score (nSPS) is 20.5. The van der Waals surface area contributed by atoms with Crippen LogP contribution in [0.15, 0.2) is 0 Å². The minimum atomic E-state index is -4.29. The number of hydrogen-bond acceptors (Lipinski definition) is 4. The Morgan fingerprint density at radius 1 is 1.64 bits per heavy atom. The van der Waals surface area contributed by atoms with Crippen molar-refractivity contribution in [1.29, 1.82) is 0 Å². The van der Waals surface area contributed by atoms with Crippen LogP contribution in [0.1, 0.15) is 0 Å². The summed E-state index contributed by atoms with van der Waals surface area (Å²) < 4.78 is 29.9. The van der Waals surface area contributed by atoms with Crippen LogP contribution in [0, 0.1) is 0 Å². The van der Waals surface area contributed by atoms with Crippen LogP contribution >= 0.6 is 12.2 Å². The smallest absolute Gasteiger partial charge is 0.281 e. The van der Waals surface area contributed by atoms with Crippen molar-refractivity contribution in [2.75, 3.05) is 7.05 Å².